The van der Waals surface area contributed by atoms with Crippen LogP contribution < -0.4 is 5.32 Å². The molecule has 3 aromatic heterocycles. The molecule has 3 rings (SSSR count). The molecule has 0 bridgehead atoms. The van der Waals surface area contributed by atoms with E-state index in [1.54, 1.807) is 0 Å². The predicted octanol–water partition coefficient (Wildman–Crippen LogP) is 2.56. The highest BCUT2D eigenvalue weighted by atomic mass is 32.1. The van der Waals surface area contributed by atoms with Gasteiger partial charge in [-0.2, -0.15) is 4.37 Å². The van der Waals surface area contributed by atoms with E-state index in [-0.39, 0.29) is 6.04 Å². The van der Waals surface area contributed by atoms with Gasteiger partial charge in [-0.1, -0.05) is 19.9 Å². The van der Waals surface area contributed by atoms with Gasteiger partial charge in [0.25, 0.3) is 0 Å². The molecule has 6 nitrogen and oxygen atoms in total. The summed E-state index contributed by atoms with van der Waals surface area (Å²) in [6, 6.07) is 5.98. The molecule has 0 aliphatic heterocycles. The number of nitrogens with zero attached hydrogens (tertiary/aromatic N) is 5. The van der Waals surface area contributed by atoms with Gasteiger partial charge in [-0.15, -0.1) is 10.2 Å². The smallest absolute Gasteiger partial charge is 0.160 e. The van der Waals surface area contributed by atoms with Crippen molar-refractivity contribution in [2.24, 2.45) is 0 Å². The maximum atomic E-state index is 4.53. The lowest BCUT2D eigenvalue weighted by Crippen LogP contribution is -2.20. The van der Waals surface area contributed by atoms with E-state index in [0.717, 1.165) is 22.3 Å². The van der Waals surface area contributed by atoms with E-state index in [9.17, 15) is 0 Å². The van der Waals surface area contributed by atoms with Crippen LogP contribution in [0.2, 0.25) is 0 Å². The molecule has 0 saturated carbocycles. The van der Waals surface area contributed by atoms with Gasteiger partial charge in [0.15, 0.2) is 11.5 Å². The molecular formula is C14H18N6S. The summed E-state index contributed by atoms with van der Waals surface area (Å²) in [6.45, 7) is 6.97. The Morgan fingerprint density at radius 3 is 2.86 bits per heavy atom. The SMILES string of the molecule is CC(C)c1nsc(CNC(C)c2nnc3ccccn23)n1. The van der Waals surface area contributed by atoms with Gasteiger partial charge in [0.2, 0.25) is 0 Å². The van der Waals surface area contributed by atoms with Crippen molar-refractivity contribution in [3.05, 3.63) is 41.1 Å². The number of pyridine rings is 1. The molecule has 0 fully saturated rings. The van der Waals surface area contributed by atoms with Gasteiger partial charge in [-0.3, -0.25) is 4.40 Å². The summed E-state index contributed by atoms with van der Waals surface area (Å²) in [4.78, 5) is 4.53. The van der Waals surface area contributed by atoms with Gasteiger partial charge in [0, 0.05) is 18.7 Å². The molecule has 110 valence electrons. The number of nitrogens with one attached hydrogen (secondary N) is 1. The second kappa shape index (κ2) is 5.87. The average Bonchev–Trinajstić information content (AvgIpc) is 3.11. The summed E-state index contributed by atoms with van der Waals surface area (Å²) in [5.74, 6) is 2.18. The number of aromatic nitrogens is 5. The van der Waals surface area contributed by atoms with E-state index in [1.165, 1.54) is 11.5 Å². The first-order valence-electron chi connectivity index (χ1n) is 7.00. The molecule has 0 aliphatic rings. The van der Waals surface area contributed by atoms with Gasteiger partial charge < -0.3 is 5.32 Å². The van der Waals surface area contributed by atoms with Crippen LogP contribution in [-0.4, -0.2) is 24.0 Å². The standard InChI is InChI=1S/C14H18N6S/c1-9(2)13-16-12(21-19-13)8-15-10(3)14-18-17-11-6-4-5-7-20(11)14/h4-7,9-10,15H,8H2,1-3H3. The first-order valence-corrected chi connectivity index (χ1v) is 7.78. The summed E-state index contributed by atoms with van der Waals surface area (Å²) < 4.78 is 6.36. The van der Waals surface area contributed by atoms with Gasteiger partial charge in [-0.05, 0) is 30.6 Å². The van der Waals surface area contributed by atoms with Crippen molar-refractivity contribution in [2.75, 3.05) is 0 Å². The minimum Gasteiger partial charge on any atom is -0.301 e. The van der Waals surface area contributed by atoms with Crippen molar-refractivity contribution in [1.29, 1.82) is 0 Å². The van der Waals surface area contributed by atoms with Crippen LogP contribution in [0.4, 0.5) is 0 Å². The molecule has 0 spiro atoms. The highest BCUT2D eigenvalue weighted by molar-refractivity contribution is 7.05. The Morgan fingerprint density at radius 1 is 1.24 bits per heavy atom. The van der Waals surface area contributed by atoms with E-state index >= 15 is 0 Å². The largest absolute Gasteiger partial charge is 0.301 e. The van der Waals surface area contributed by atoms with E-state index < -0.39 is 0 Å². The summed E-state index contributed by atoms with van der Waals surface area (Å²) in [7, 11) is 0. The van der Waals surface area contributed by atoms with E-state index in [2.05, 4.69) is 45.6 Å². The van der Waals surface area contributed by atoms with Crippen molar-refractivity contribution < 1.29 is 0 Å². The first-order chi connectivity index (χ1) is 10.1. The Kier molecular flexibility index (Phi) is 3.94. The summed E-state index contributed by atoms with van der Waals surface area (Å²) in [5, 5.41) is 12.9. The topological polar surface area (TPSA) is 68.0 Å². The van der Waals surface area contributed by atoms with Gasteiger partial charge in [-0.25, -0.2) is 4.98 Å². The Balaban J connectivity index is 1.69. The molecule has 1 unspecified atom stereocenters. The number of hydrogen-bond donors (Lipinski definition) is 1. The lowest BCUT2D eigenvalue weighted by Gasteiger charge is -2.10. The second-order valence-corrected chi connectivity index (χ2v) is 6.13. The van der Waals surface area contributed by atoms with Crippen molar-refractivity contribution in [1.82, 2.24) is 29.3 Å². The zero-order valence-electron chi connectivity index (χ0n) is 12.3. The van der Waals surface area contributed by atoms with E-state index in [4.69, 9.17) is 0 Å². The van der Waals surface area contributed by atoms with Gasteiger partial charge >= 0.3 is 0 Å². The van der Waals surface area contributed by atoms with E-state index in [0.29, 0.717) is 12.5 Å². The molecule has 0 aromatic carbocycles. The van der Waals surface area contributed by atoms with Crippen LogP contribution in [0.1, 0.15) is 49.4 Å². The summed E-state index contributed by atoms with van der Waals surface area (Å²) >= 11 is 1.45. The minimum absolute atomic E-state index is 0.0915. The van der Waals surface area contributed by atoms with Gasteiger partial charge in [0.1, 0.15) is 10.8 Å². The number of rotatable bonds is 5. The maximum Gasteiger partial charge on any atom is 0.160 e. The highest BCUT2D eigenvalue weighted by Crippen LogP contribution is 2.15. The maximum absolute atomic E-state index is 4.53. The molecule has 0 amide bonds. The molecule has 1 atom stereocenters. The Bertz CT molecular complexity index is 732. The molecular weight excluding hydrogens is 284 g/mol. The number of fused-ring (bicyclic) bond motifs is 1. The van der Waals surface area contributed by atoms with Crippen LogP contribution in [0.5, 0.6) is 0 Å². The quantitative estimate of drug-likeness (QED) is 0.784. The Labute approximate surface area is 127 Å². The van der Waals surface area contributed by atoms with Crippen molar-refractivity contribution in [3.63, 3.8) is 0 Å². The zero-order chi connectivity index (χ0) is 14.8. The molecule has 0 aliphatic carbocycles. The molecule has 0 saturated heterocycles. The van der Waals surface area contributed by atoms with E-state index in [1.807, 2.05) is 28.8 Å². The average molecular weight is 302 g/mol. The summed E-state index contributed by atoms with van der Waals surface area (Å²) in [6.07, 6.45) is 1.98. The van der Waals surface area contributed by atoms with Crippen LogP contribution >= 0.6 is 11.5 Å². The third kappa shape index (κ3) is 2.93. The Morgan fingerprint density at radius 2 is 2.10 bits per heavy atom. The molecule has 21 heavy (non-hydrogen) atoms. The molecule has 1 N–H and O–H groups in total. The van der Waals surface area contributed by atoms with Crippen LogP contribution in [0, 0.1) is 0 Å². The highest BCUT2D eigenvalue weighted by Gasteiger charge is 2.14. The normalized spacial score (nSPS) is 13.1. The predicted molar refractivity (Wildman–Crippen MR) is 82.2 cm³/mol. The van der Waals surface area contributed by atoms with Crippen LogP contribution in [0.15, 0.2) is 24.4 Å². The fourth-order valence-corrected chi connectivity index (χ4v) is 2.79. The molecule has 3 heterocycles. The van der Waals surface area contributed by atoms with Crippen LogP contribution in [-0.2, 0) is 6.54 Å². The zero-order valence-corrected chi connectivity index (χ0v) is 13.1. The molecule has 7 heteroatoms. The molecule has 0 radical (unpaired) electrons. The van der Waals surface area contributed by atoms with Crippen molar-refractivity contribution >= 4 is 17.2 Å². The summed E-state index contributed by atoms with van der Waals surface area (Å²) in [5.41, 5.74) is 0.860. The third-order valence-electron chi connectivity index (χ3n) is 3.29. The number of hydrogen-bond acceptors (Lipinski definition) is 6. The third-order valence-corrected chi connectivity index (χ3v) is 4.01. The second-order valence-electron chi connectivity index (χ2n) is 5.29. The monoisotopic (exact) mass is 302 g/mol. The Hall–Kier alpha value is -1.86. The lowest BCUT2D eigenvalue weighted by molar-refractivity contribution is 0.539. The fourth-order valence-electron chi connectivity index (χ4n) is 2.06. The molecule has 3 aromatic rings. The lowest BCUT2D eigenvalue weighted by atomic mass is 10.2. The van der Waals surface area contributed by atoms with Gasteiger partial charge in [0.05, 0.1) is 6.04 Å². The first kappa shape index (κ1) is 14.1. The van der Waals surface area contributed by atoms with Crippen LogP contribution in [0.3, 0.4) is 0 Å². The van der Waals surface area contributed by atoms with Crippen molar-refractivity contribution in [3.8, 4) is 0 Å². The van der Waals surface area contributed by atoms with Crippen LogP contribution in [0.25, 0.3) is 5.65 Å². The minimum atomic E-state index is 0.0915. The van der Waals surface area contributed by atoms with Crippen molar-refractivity contribution in [2.45, 2.75) is 39.3 Å². The fraction of sp³-hybridized carbons (Fsp3) is 0.429.